The van der Waals surface area contributed by atoms with Gasteiger partial charge in [-0.2, -0.15) is 0 Å². The Morgan fingerprint density at radius 1 is 1.27 bits per heavy atom. The molecule has 3 atom stereocenters. The summed E-state index contributed by atoms with van der Waals surface area (Å²) in [6.07, 6.45) is 2.53. The van der Waals surface area contributed by atoms with Crippen molar-refractivity contribution >= 4 is 15.9 Å². The molecule has 22 heavy (non-hydrogen) atoms. The summed E-state index contributed by atoms with van der Waals surface area (Å²) in [7, 11) is -1.35. The molecule has 0 radical (unpaired) electrons. The van der Waals surface area contributed by atoms with Gasteiger partial charge < -0.3 is 10.2 Å². The molecule has 2 saturated heterocycles. The Balaban J connectivity index is 2.00. The molecule has 0 unspecified atom stereocenters. The van der Waals surface area contributed by atoms with Crippen molar-refractivity contribution in [2.24, 2.45) is 5.92 Å². The highest BCUT2D eigenvalue weighted by Crippen LogP contribution is 2.25. The summed E-state index contributed by atoms with van der Waals surface area (Å²) in [6, 6.07) is 0.126. The molecular formula is C15H29N3O3S. The van der Waals surface area contributed by atoms with E-state index in [0.29, 0.717) is 13.1 Å². The number of piperidine rings is 1. The van der Waals surface area contributed by atoms with Crippen LogP contribution in [0.1, 0.15) is 40.0 Å². The summed E-state index contributed by atoms with van der Waals surface area (Å²) in [5, 5.41) is 3.11. The second-order valence-corrected chi connectivity index (χ2v) is 9.27. The molecule has 2 aliphatic heterocycles. The molecule has 128 valence electrons. The molecule has 1 N–H and O–H groups in total. The third-order valence-corrected chi connectivity index (χ3v) is 7.26. The molecule has 0 aromatic heterocycles. The summed E-state index contributed by atoms with van der Waals surface area (Å²) in [5.74, 6) is 0.424. The maximum Gasteiger partial charge on any atom is 0.239 e. The minimum absolute atomic E-state index is 0.0997. The Morgan fingerprint density at radius 2 is 1.95 bits per heavy atom. The van der Waals surface area contributed by atoms with Gasteiger partial charge in [0.05, 0.1) is 11.3 Å². The minimum Gasteiger partial charge on any atom is -0.344 e. The standard InChI is InChI=1S/C15H29N3O3S/c1-5-12-10-18(22(20,21)11(2)3)9-7-13(12)16-14-6-8-17(4)15(14)19/h11-14,16H,5-10H2,1-4H3/t12-,13+,14-/m1/s1. The van der Waals surface area contributed by atoms with Gasteiger partial charge in [0.25, 0.3) is 0 Å². The van der Waals surface area contributed by atoms with Crippen LogP contribution >= 0.6 is 0 Å². The first-order valence-electron chi connectivity index (χ1n) is 8.27. The van der Waals surface area contributed by atoms with Crippen molar-refractivity contribution in [3.05, 3.63) is 0 Å². The van der Waals surface area contributed by atoms with E-state index in [1.54, 1.807) is 23.1 Å². The smallest absolute Gasteiger partial charge is 0.239 e. The lowest BCUT2D eigenvalue weighted by Gasteiger charge is -2.39. The number of carbonyl (C=O) groups is 1. The van der Waals surface area contributed by atoms with E-state index in [1.807, 2.05) is 7.05 Å². The normalized spacial score (nSPS) is 31.2. The van der Waals surface area contributed by atoms with Gasteiger partial charge in [0.15, 0.2) is 0 Å². The fourth-order valence-corrected chi connectivity index (χ4v) is 4.75. The van der Waals surface area contributed by atoms with Gasteiger partial charge in [0.2, 0.25) is 15.9 Å². The summed E-state index contributed by atoms with van der Waals surface area (Å²) in [5.41, 5.74) is 0. The zero-order chi connectivity index (χ0) is 16.5. The van der Waals surface area contributed by atoms with Crippen molar-refractivity contribution in [3.8, 4) is 0 Å². The molecule has 7 heteroatoms. The first kappa shape index (κ1) is 17.7. The van der Waals surface area contributed by atoms with E-state index in [4.69, 9.17) is 0 Å². The Kier molecular flexibility index (Phi) is 5.50. The summed E-state index contributed by atoms with van der Waals surface area (Å²) in [4.78, 5) is 13.8. The second-order valence-electron chi connectivity index (χ2n) is 6.78. The van der Waals surface area contributed by atoms with Gasteiger partial charge in [-0.05, 0) is 32.6 Å². The molecule has 0 aromatic rings. The summed E-state index contributed by atoms with van der Waals surface area (Å²) >= 11 is 0. The first-order valence-corrected chi connectivity index (χ1v) is 9.77. The van der Waals surface area contributed by atoms with Crippen LogP contribution < -0.4 is 5.32 Å². The van der Waals surface area contributed by atoms with Crippen LogP contribution in [0.5, 0.6) is 0 Å². The number of likely N-dealkylation sites (tertiary alicyclic amines) is 1. The van der Waals surface area contributed by atoms with Gasteiger partial charge >= 0.3 is 0 Å². The van der Waals surface area contributed by atoms with E-state index >= 15 is 0 Å². The zero-order valence-corrected chi connectivity index (χ0v) is 14.9. The molecule has 0 bridgehead atoms. The lowest BCUT2D eigenvalue weighted by atomic mass is 9.90. The van der Waals surface area contributed by atoms with E-state index in [9.17, 15) is 13.2 Å². The molecule has 0 aromatic carbocycles. The lowest BCUT2D eigenvalue weighted by Crippen LogP contribution is -2.55. The number of rotatable bonds is 5. The molecule has 2 rings (SSSR count). The van der Waals surface area contributed by atoms with E-state index in [-0.39, 0.29) is 29.2 Å². The monoisotopic (exact) mass is 331 g/mol. The fourth-order valence-electron chi connectivity index (χ4n) is 3.40. The van der Waals surface area contributed by atoms with E-state index in [0.717, 1.165) is 25.8 Å². The predicted molar refractivity (Wildman–Crippen MR) is 87.0 cm³/mol. The molecule has 6 nitrogen and oxygen atoms in total. The van der Waals surface area contributed by atoms with Crippen LogP contribution in [0.4, 0.5) is 0 Å². The van der Waals surface area contributed by atoms with Gasteiger partial charge in [-0.1, -0.05) is 13.3 Å². The van der Waals surface area contributed by atoms with Crippen LogP contribution in [0.25, 0.3) is 0 Å². The third-order valence-electron chi connectivity index (χ3n) is 5.02. The Hall–Kier alpha value is -0.660. The van der Waals surface area contributed by atoms with E-state index in [2.05, 4.69) is 12.2 Å². The van der Waals surface area contributed by atoms with Crippen LogP contribution in [0, 0.1) is 5.92 Å². The van der Waals surface area contributed by atoms with Gasteiger partial charge in [-0.3, -0.25) is 4.79 Å². The van der Waals surface area contributed by atoms with Crippen molar-refractivity contribution in [2.75, 3.05) is 26.7 Å². The number of nitrogens with one attached hydrogen (secondary N) is 1. The minimum atomic E-state index is -3.18. The Bertz CT molecular complexity index is 506. The van der Waals surface area contributed by atoms with Gasteiger partial charge in [0, 0.05) is 32.7 Å². The SMILES string of the molecule is CC[C@@H]1CN(S(=O)(=O)C(C)C)CC[C@@H]1N[C@@H]1CCN(C)C1=O. The number of sulfonamides is 1. The van der Waals surface area contributed by atoms with E-state index < -0.39 is 10.0 Å². The average Bonchev–Trinajstić information content (AvgIpc) is 2.79. The van der Waals surface area contributed by atoms with Crippen molar-refractivity contribution in [1.29, 1.82) is 0 Å². The van der Waals surface area contributed by atoms with Crippen molar-refractivity contribution in [2.45, 2.75) is 57.4 Å². The molecule has 1 amide bonds. The van der Waals surface area contributed by atoms with Crippen molar-refractivity contribution < 1.29 is 13.2 Å². The largest absolute Gasteiger partial charge is 0.344 e. The van der Waals surface area contributed by atoms with Gasteiger partial charge in [-0.15, -0.1) is 0 Å². The zero-order valence-electron chi connectivity index (χ0n) is 14.1. The summed E-state index contributed by atoms with van der Waals surface area (Å²) in [6.45, 7) is 7.46. The van der Waals surface area contributed by atoms with E-state index in [1.165, 1.54) is 0 Å². The molecular weight excluding hydrogens is 302 g/mol. The van der Waals surface area contributed by atoms with Crippen LogP contribution in [0.15, 0.2) is 0 Å². The number of hydrogen-bond donors (Lipinski definition) is 1. The predicted octanol–water partition coefficient (Wildman–Crippen LogP) is 0.645. The Morgan fingerprint density at radius 3 is 2.45 bits per heavy atom. The molecule has 2 fully saturated rings. The molecule has 2 aliphatic rings. The van der Waals surface area contributed by atoms with Crippen LogP contribution in [0.3, 0.4) is 0 Å². The number of carbonyl (C=O) groups excluding carboxylic acids is 1. The quantitative estimate of drug-likeness (QED) is 0.803. The highest BCUT2D eigenvalue weighted by molar-refractivity contribution is 7.89. The third kappa shape index (κ3) is 3.46. The highest BCUT2D eigenvalue weighted by atomic mass is 32.2. The van der Waals surface area contributed by atoms with Gasteiger partial charge in [-0.25, -0.2) is 12.7 Å². The molecule has 0 saturated carbocycles. The topological polar surface area (TPSA) is 69.7 Å². The average molecular weight is 331 g/mol. The maximum absolute atomic E-state index is 12.3. The fraction of sp³-hybridized carbons (Fsp3) is 0.933. The summed E-state index contributed by atoms with van der Waals surface area (Å²) < 4.78 is 26.3. The van der Waals surface area contributed by atoms with Crippen LogP contribution in [-0.4, -0.2) is 67.5 Å². The molecule has 0 spiro atoms. The molecule has 2 heterocycles. The maximum atomic E-state index is 12.3. The highest BCUT2D eigenvalue weighted by Gasteiger charge is 2.38. The molecule has 0 aliphatic carbocycles. The number of amides is 1. The van der Waals surface area contributed by atoms with Crippen LogP contribution in [0.2, 0.25) is 0 Å². The number of nitrogens with zero attached hydrogens (tertiary/aromatic N) is 2. The lowest BCUT2D eigenvalue weighted by molar-refractivity contribution is -0.128. The second kappa shape index (κ2) is 6.84. The van der Waals surface area contributed by atoms with Gasteiger partial charge in [0.1, 0.15) is 0 Å². The number of likely N-dealkylation sites (N-methyl/N-ethyl adjacent to an activating group) is 1. The number of hydrogen-bond acceptors (Lipinski definition) is 4. The van der Waals surface area contributed by atoms with Crippen molar-refractivity contribution in [1.82, 2.24) is 14.5 Å². The Labute approximate surface area is 134 Å². The van der Waals surface area contributed by atoms with Crippen LogP contribution in [-0.2, 0) is 14.8 Å². The first-order chi connectivity index (χ1) is 10.3. The van der Waals surface area contributed by atoms with Crippen molar-refractivity contribution in [3.63, 3.8) is 0 Å².